The Morgan fingerprint density at radius 3 is 2.29 bits per heavy atom. The van der Waals surface area contributed by atoms with Gasteiger partial charge in [-0.2, -0.15) is 0 Å². The maximum Gasteiger partial charge on any atom is 1.00 e. The van der Waals surface area contributed by atoms with E-state index in [1.807, 2.05) is 0 Å². The number of amides is 2. The summed E-state index contributed by atoms with van der Waals surface area (Å²) in [4.78, 5) is 104. The minimum Gasteiger partial charge on any atom is -0.756 e. The van der Waals surface area contributed by atoms with Crippen LogP contribution in [0.25, 0.3) is 11.2 Å². The Morgan fingerprint density at radius 2 is 1.66 bits per heavy atom. The van der Waals surface area contributed by atoms with Gasteiger partial charge in [-0.05, 0) is 6.42 Å². The van der Waals surface area contributed by atoms with E-state index in [9.17, 15) is 62.7 Å². The fourth-order valence-corrected chi connectivity index (χ4v) is 8.20. The Hall–Kier alpha value is 0.0300. The second kappa shape index (κ2) is 26.1. The van der Waals surface area contributed by atoms with E-state index in [2.05, 4.69) is 43.5 Å². The molecule has 0 radical (unpaired) electrons. The molecule has 8 N–H and O–H groups in total. The number of carbonyl (C=O) groups excluding carboxylic acids is 3. The zero-order chi connectivity index (χ0) is 42.1. The molecule has 3 heterocycles. The Balaban J connectivity index is 0.0000112. The number of carboxylic acid groups (broad SMARTS) is 1. The van der Waals surface area contributed by atoms with Crippen LogP contribution in [0.2, 0.25) is 0 Å². The van der Waals surface area contributed by atoms with E-state index in [-0.39, 0.29) is 155 Å². The van der Waals surface area contributed by atoms with Gasteiger partial charge in [0.05, 0.1) is 19.5 Å². The number of nitrogens with two attached hydrogens (primary N) is 1. The van der Waals surface area contributed by atoms with Crippen molar-refractivity contribution in [3.05, 3.63) is 12.7 Å². The van der Waals surface area contributed by atoms with Gasteiger partial charge in [-0.15, -0.1) is 0 Å². The van der Waals surface area contributed by atoms with Crippen LogP contribution in [0.1, 0.15) is 45.8 Å². The zero-order valence-corrected chi connectivity index (χ0v) is 41.9. The standard InChI is InChI=1S/C26H42N7O19P3S.3Na/c1-26(2,21(39)24(40)29-7-6-15(34)28-8-9-56-17(37)5-3-4-16(35)36)11-49-55(46,47)52-54(44,45)48-10-14-20(51-53(41,42)43)19(38)25(50-14)33-13-32-18-22(27)30-12-31-23(18)33;;;/h12-14,19-21,25,38-39H,3-11H2,1-2H3,(H,28,34)(H,29,40)(H,35,36)(H,44,45)(H,46,47)(H2,27,30,31)(H2,41,42,43);;;/q;3*+1/p-3. The molecule has 2 aromatic rings. The van der Waals surface area contributed by atoms with Crippen molar-refractivity contribution < 1.29 is 179 Å². The Labute approximate surface area is 406 Å². The molecule has 59 heavy (non-hydrogen) atoms. The molecule has 33 heteroatoms. The van der Waals surface area contributed by atoms with Gasteiger partial charge in [0, 0.05) is 43.5 Å². The number of carbonyl (C=O) groups is 4. The molecule has 8 unspecified atom stereocenters. The number of imidazole rings is 1. The van der Waals surface area contributed by atoms with Crippen molar-refractivity contribution in [3.63, 3.8) is 0 Å². The summed E-state index contributed by atoms with van der Waals surface area (Å²) >= 11 is 0.919. The van der Waals surface area contributed by atoms with E-state index >= 15 is 0 Å². The van der Waals surface area contributed by atoms with Crippen molar-refractivity contribution >= 4 is 75.1 Å². The van der Waals surface area contributed by atoms with Crippen LogP contribution in [0.15, 0.2) is 12.7 Å². The average Bonchev–Trinajstić information content (AvgIpc) is 3.64. The monoisotopic (exact) mass is 947 g/mol. The number of nitrogen functional groups attached to an aromatic ring is 1. The fraction of sp³-hybridized carbons (Fsp3) is 0.654. The molecule has 0 spiro atoms. The van der Waals surface area contributed by atoms with Gasteiger partial charge in [0.1, 0.15) is 36.3 Å². The third kappa shape index (κ3) is 19.8. The van der Waals surface area contributed by atoms with Gasteiger partial charge in [-0.25, -0.2) is 19.3 Å². The van der Waals surface area contributed by atoms with Crippen molar-refractivity contribution in [2.24, 2.45) is 5.41 Å². The number of aliphatic hydroxyl groups is 2. The second-order valence-electron chi connectivity index (χ2n) is 12.5. The van der Waals surface area contributed by atoms with Crippen molar-refractivity contribution in [1.29, 1.82) is 0 Å². The number of aromatic nitrogens is 4. The third-order valence-electron chi connectivity index (χ3n) is 7.52. The summed E-state index contributed by atoms with van der Waals surface area (Å²) in [6.45, 7) is -0.0763. The molecule has 8 atom stereocenters. The van der Waals surface area contributed by atoms with Crippen molar-refractivity contribution in [2.75, 3.05) is 37.8 Å². The molecule has 1 saturated heterocycles. The van der Waals surface area contributed by atoms with E-state index in [1.54, 1.807) is 0 Å². The average molecular weight is 948 g/mol. The van der Waals surface area contributed by atoms with Gasteiger partial charge >= 0.3 is 94.6 Å². The summed E-state index contributed by atoms with van der Waals surface area (Å²) in [6.07, 6.45) is -7.41. The molecule has 0 saturated carbocycles. The van der Waals surface area contributed by atoms with Crippen LogP contribution in [0.3, 0.4) is 0 Å². The molecule has 3 rings (SSSR count). The molecule has 1 fully saturated rings. The van der Waals surface area contributed by atoms with Crippen molar-refractivity contribution in [3.8, 4) is 0 Å². The van der Waals surface area contributed by atoms with Crippen LogP contribution in [-0.2, 0) is 55.5 Å². The van der Waals surface area contributed by atoms with Crippen LogP contribution in [0, 0.1) is 5.41 Å². The number of ether oxygens (including phenoxy) is 1. The Morgan fingerprint density at radius 1 is 1.02 bits per heavy atom. The van der Waals surface area contributed by atoms with Gasteiger partial charge in [0.2, 0.25) is 11.8 Å². The zero-order valence-electron chi connectivity index (χ0n) is 32.4. The first kappa shape index (κ1) is 59.0. The van der Waals surface area contributed by atoms with Crippen LogP contribution >= 0.6 is 35.2 Å². The number of fused-ring (bicyclic) bond motifs is 1. The first-order valence-electron chi connectivity index (χ1n) is 16.1. The molecule has 2 amide bonds. The first-order valence-corrected chi connectivity index (χ1v) is 21.5. The molecule has 0 bridgehead atoms. The summed E-state index contributed by atoms with van der Waals surface area (Å²) in [5.74, 6) is -2.43. The third-order valence-corrected chi connectivity index (χ3v) is 11.5. The van der Waals surface area contributed by atoms with Crippen molar-refractivity contribution in [1.82, 2.24) is 30.2 Å². The number of aliphatic hydroxyl groups excluding tert-OH is 2. The normalized spacial score (nSPS) is 21.3. The molecule has 0 aliphatic carbocycles. The molecular formula is C26H39N7Na3O19P3S. The number of thioether (sulfide) groups is 1. The smallest absolute Gasteiger partial charge is 0.756 e. The van der Waals surface area contributed by atoms with E-state index in [1.165, 1.54) is 13.8 Å². The number of phosphoric ester groups is 3. The van der Waals surface area contributed by atoms with E-state index in [0.29, 0.717) is 0 Å². The molecule has 2 aromatic heterocycles. The molecular weight excluding hydrogens is 908 g/mol. The van der Waals surface area contributed by atoms with Crippen LogP contribution in [0.5, 0.6) is 0 Å². The first-order chi connectivity index (χ1) is 25.9. The van der Waals surface area contributed by atoms with E-state index < -0.39 is 90.5 Å². The van der Waals surface area contributed by atoms with Gasteiger partial charge in [-0.1, -0.05) is 25.6 Å². The largest absolute Gasteiger partial charge is 1.00 e. The number of phosphoric acid groups is 3. The maximum absolute atomic E-state index is 12.5. The van der Waals surface area contributed by atoms with Gasteiger partial charge in [0.25, 0.3) is 23.5 Å². The summed E-state index contributed by atoms with van der Waals surface area (Å²) in [7, 11) is -17.4. The molecule has 1 aliphatic rings. The summed E-state index contributed by atoms with van der Waals surface area (Å²) in [5.41, 5.74) is 4.06. The van der Waals surface area contributed by atoms with E-state index in [0.717, 1.165) is 29.0 Å². The summed E-state index contributed by atoms with van der Waals surface area (Å²) in [6, 6.07) is 0. The number of hydrogen-bond donors (Lipinski definition) is 7. The van der Waals surface area contributed by atoms with Crippen LogP contribution < -0.4 is 120 Å². The molecule has 1 aliphatic heterocycles. The van der Waals surface area contributed by atoms with Gasteiger partial charge in [0.15, 0.2) is 22.8 Å². The van der Waals surface area contributed by atoms with Crippen LogP contribution in [0.4, 0.5) is 5.82 Å². The predicted molar refractivity (Wildman–Crippen MR) is 182 cm³/mol. The second-order valence-corrected chi connectivity index (χ2v) is 17.7. The minimum absolute atomic E-state index is 0. The van der Waals surface area contributed by atoms with Crippen molar-refractivity contribution in [2.45, 2.75) is 70.2 Å². The molecule has 316 valence electrons. The fourth-order valence-electron chi connectivity index (χ4n) is 4.73. The number of rotatable bonds is 23. The molecule has 0 aromatic carbocycles. The number of nitrogens with zero attached hydrogens (tertiary/aromatic N) is 4. The Bertz CT molecular complexity index is 1880. The van der Waals surface area contributed by atoms with E-state index in [4.69, 9.17) is 15.6 Å². The number of hydrogen-bond acceptors (Lipinski definition) is 22. The SMILES string of the molecule is CC(C)(COP(=O)([O-])OP(=O)([O-])OCC1OC(n2cnc3c(N)ncnc32)C(O)C1OP(=O)([O-])O)C(O)C(=O)NCCC(=O)NCCSC(=O)CCCC(=O)O.[Na+].[Na+].[Na+]. The van der Waals surface area contributed by atoms with Crippen LogP contribution in [-0.4, -0.2) is 119 Å². The molecule has 26 nitrogen and oxygen atoms in total. The number of carboxylic acids is 1. The summed E-state index contributed by atoms with van der Waals surface area (Å²) < 4.78 is 60.7. The topological polar surface area (TPSA) is 409 Å². The minimum atomic E-state index is -5.91. The quantitative estimate of drug-likeness (QED) is 0.0309. The number of nitrogens with one attached hydrogen (secondary N) is 2. The van der Waals surface area contributed by atoms with Gasteiger partial charge < -0.3 is 69.6 Å². The van der Waals surface area contributed by atoms with Gasteiger partial charge in [-0.3, -0.25) is 37.4 Å². The number of anilines is 1. The Kier molecular flexibility index (Phi) is 26.1. The summed E-state index contributed by atoms with van der Waals surface area (Å²) in [5, 5.41) is 34.4. The predicted octanol–water partition coefficient (Wildman–Crippen LogP) is -12.0. The number of aliphatic carboxylic acids is 1. The maximum atomic E-state index is 12.5.